The second-order valence-corrected chi connectivity index (χ2v) is 7.13. The van der Waals surface area contributed by atoms with E-state index in [9.17, 15) is 0 Å². The Balaban J connectivity index is 1.69. The van der Waals surface area contributed by atoms with Gasteiger partial charge in [0.2, 0.25) is 0 Å². The van der Waals surface area contributed by atoms with E-state index in [0.717, 1.165) is 17.8 Å². The van der Waals surface area contributed by atoms with Gasteiger partial charge in [0.15, 0.2) is 0 Å². The number of rotatable bonds is 5. The van der Waals surface area contributed by atoms with Crippen LogP contribution in [0.5, 0.6) is 0 Å². The Hall–Kier alpha value is -0.470. The predicted octanol–water partition coefficient (Wildman–Crippen LogP) is 4.28. The van der Waals surface area contributed by atoms with E-state index in [-0.39, 0.29) is 0 Å². The maximum Gasteiger partial charge on any atom is 0.0219 e. The lowest BCUT2D eigenvalue weighted by molar-refractivity contribution is 0.679. The smallest absolute Gasteiger partial charge is 0.0219 e. The Morgan fingerprint density at radius 3 is 2.67 bits per heavy atom. The largest absolute Gasteiger partial charge is 0.310 e. The zero-order chi connectivity index (χ0) is 12.4. The molecule has 18 heavy (non-hydrogen) atoms. The van der Waals surface area contributed by atoms with Gasteiger partial charge in [-0.2, -0.15) is 0 Å². The molecule has 1 aromatic carbocycles. The molecule has 2 heteroatoms. The van der Waals surface area contributed by atoms with E-state index in [1.807, 2.05) is 0 Å². The number of hydrogen-bond donors (Lipinski definition) is 1. The van der Waals surface area contributed by atoms with Gasteiger partial charge in [-0.15, -0.1) is 11.8 Å². The quantitative estimate of drug-likeness (QED) is 0.849. The molecule has 2 aliphatic carbocycles. The van der Waals surface area contributed by atoms with Gasteiger partial charge in [0.1, 0.15) is 0 Å². The summed E-state index contributed by atoms with van der Waals surface area (Å²) in [6.07, 6.45) is 8.42. The van der Waals surface area contributed by atoms with Crippen LogP contribution in [0.4, 0.5) is 0 Å². The molecule has 3 rings (SSSR count). The number of nitrogens with one attached hydrogen (secondary N) is 1. The third-order valence-electron chi connectivity index (χ3n) is 3.97. The Kier molecular flexibility index (Phi) is 3.95. The minimum atomic E-state index is 0.801. The maximum absolute atomic E-state index is 3.65. The summed E-state index contributed by atoms with van der Waals surface area (Å²) in [5.74, 6) is 0. The summed E-state index contributed by atoms with van der Waals surface area (Å²) in [4.78, 5) is 1.51. The van der Waals surface area contributed by atoms with Crippen LogP contribution in [0.2, 0.25) is 0 Å². The molecule has 1 aromatic rings. The predicted molar refractivity (Wildman–Crippen MR) is 79.2 cm³/mol. The van der Waals surface area contributed by atoms with Gasteiger partial charge in [0.05, 0.1) is 0 Å². The fourth-order valence-corrected chi connectivity index (χ4v) is 4.05. The van der Waals surface area contributed by atoms with Crippen molar-refractivity contribution in [3.63, 3.8) is 0 Å². The molecule has 2 fully saturated rings. The molecule has 0 bridgehead atoms. The van der Waals surface area contributed by atoms with Gasteiger partial charge in [-0.3, -0.25) is 0 Å². The van der Waals surface area contributed by atoms with Crippen molar-refractivity contribution in [3.05, 3.63) is 29.3 Å². The summed E-state index contributed by atoms with van der Waals surface area (Å²) in [5.41, 5.74) is 2.90. The van der Waals surface area contributed by atoms with Crippen molar-refractivity contribution in [1.29, 1.82) is 0 Å². The normalized spacial score (nSPS) is 20.5. The average molecular weight is 261 g/mol. The molecule has 0 spiro atoms. The Labute approximate surface area is 115 Å². The number of aryl methyl sites for hydroxylation is 1. The monoisotopic (exact) mass is 261 g/mol. The molecule has 0 aromatic heterocycles. The van der Waals surface area contributed by atoms with Crippen LogP contribution < -0.4 is 5.32 Å². The van der Waals surface area contributed by atoms with E-state index in [2.05, 4.69) is 42.2 Å². The van der Waals surface area contributed by atoms with E-state index in [1.165, 1.54) is 54.5 Å². The molecule has 0 aliphatic heterocycles. The molecule has 2 aliphatic rings. The maximum atomic E-state index is 3.65. The van der Waals surface area contributed by atoms with Crippen LogP contribution in [0.1, 0.15) is 49.7 Å². The van der Waals surface area contributed by atoms with E-state index in [4.69, 9.17) is 0 Å². The van der Waals surface area contributed by atoms with Gasteiger partial charge in [0.25, 0.3) is 0 Å². The molecular weight excluding hydrogens is 238 g/mol. The van der Waals surface area contributed by atoms with Gasteiger partial charge in [0, 0.05) is 22.7 Å². The molecule has 0 unspecified atom stereocenters. The molecule has 0 radical (unpaired) electrons. The van der Waals surface area contributed by atoms with Crippen molar-refractivity contribution in [2.75, 3.05) is 0 Å². The highest BCUT2D eigenvalue weighted by atomic mass is 32.2. The highest BCUT2D eigenvalue weighted by Crippen LogP contribution is 2.36. The molecular formula is C16H23NS. The molecule has 0 saturated heterocycles. The van der Waals surface area contributed by atoms with Crippen molar-refractivity contribution in [2.24, 2.45) is 0 Å². The summed E-state index contributed by atoms with van der Waals surface area (Å²) in [5, 5.41) is 4.52. The van der Waals surface area contributed by atoms with Gasteiger partial charge in [-0.25, -0.2) is 0 Å². The first-order valence-corrected chi connectivity index (χ1v) is 8.19. The minimum Gasteiger partial charge on any atom is -0.310 e. The van der Waals surface area contributed by atoms with Crippen molar-refractivity contribution in [2.45, 2.75) is 68.2 Å². The molecule has 0 atom stereocenters. The first-order valence-electron chi connectivity index (χ1n) is 7.31. The van der Waals surface area contributed by atoms with E-state index in [0.29, 0.717) is 0 Å². The zero-order valence-electron chi connectivity index (χ0n) is 11.2. The van der Waals surface area contributed by atoms with Crippen LogP contribution in [0.15, 0.2) is 23.1 Å². The standard InChI is InChI=1S/C16H23NS/c1-12-6-9-16(18-15-4-2-3-5-15)13(10-12)11-17-14-7-8-14/h6,9-10,14-15,17H,2-5,7-8,11H2,1H3. The molecule has 0 heterocycles. The van der Waals surface area contributed by atoms with Crippen molar-refractivity contribution in [3.8, 4) is 0 Å². The summed E-state index contributed by atoms with van der Waals surface area (Å²) in [6.45, 7) is 3.26. The highest BCUT2D eigenvalue weighted by molar-refractivity contribution is 8.00. The lowest BCUT2D eigenvalue weighted by Crippen LogP contribution is -2.16. The lowest BCUT2D eigenvalue weighted by atomic mass is 10.1. The topological polar surface area (TPSA) is 12.0 Å². The fraction of sp³-hybridized carbons (Fsp3) is 0.625. The zero-order valence-corrected chi connectivity index (χ0v) is 12.1. The van der Waals surface area contributed by atoms with E-state index < -0.39 is 0 Å². The fourth-order valence-electron chi connectivity index (χ4n) is 2.69. The summed E-state index contributed by atoms with van der Waals surface area (Å²) in [6, 6.07) is 7.77. The lowest BCUT2D eigenvalue weighted by Gasteiger charge is -2.14. The number of benzene rings is 1. The van der Waals surface area contributed by atoms with Gasteiger partial charge < -0.3 is 5.32 Å². The van der Waals surface area contributed by atoms with Crippen molar-refractivity contribution < 1.29 is 0 Å². The van der Waals surface area contributed by atoms with E-state index >= 15 is 0 Å². The van der Waals surface area contributed by atoms with Crippen LogP contribution in [0.25, 0.3) is 0 Å². The van der Waals surface area contributed by atoms with Gasteiger partial charge >= 0.3 is 0 Å². The molecule has 0 amide bonds. The summed E-state index contributed by atoms with van der Waals surface area (Å²) < 4.78 is 0. The van der Waals surface area contributed by atoms with E-state index in [1.54, 1.807) is 0 Å². The second kappa shape index (κ2) is 5.66. The Bertz CT molecular complexity index is 406. The summed E-state index contributed by atoms with van der Waals surface area (Å²) in [7, 11) is 0. The van der Waals surface area contributed by atoms with Crippen LogP contribution in [-0.4, -0.2) is 11.3 Å². The van der Waals surface area contributed by atoms with Gasteiger partial charge in [-0.1, -0.05) is 30.5 Å². The minimum absolute atomic E-state index is 0.801. The third-order valence-corrected chi connectivity index (χ3v) is 5.43. The molecule has 1 N–H and O–H groups in total. The SMILES string of the molecule is Cc1ccc(SC2CCCC2)c(CNC2CC2)c1. The Morgan fingerprint density at radius 2 is 1.94 bits per heavy atom. The van der Waals surface area contributed by atoms with Crippen LogP contribution in [0, 0.1) is 6.92 Å². The second-order valence-electron chi connectivity index (χ2n) is 5.79. The van der Waals surface area contributed by atoms with Crippen LogP contribution >= 0.6 is 11.8 Å². The molecule has 2 saturated carbocycles. The van der Waals surface area contributed by atoms with Crippen LogP contribution in [-0.2, 0) is 6.54 Å². The molecule has 98 valence electrons. The van der Waals surface area contributed by atoms with Crippen molar-refractivity contribution >= 4 is 11.8 Å². The van der Waals surface area contributed by atoms with Gasteiger partial charge in [-0.05, 0) is 44.2 Å². The molecule has 1 nitrogen and oxygen atoms in total. The summed E-state index contributed by atoms with van der Waals surface area (Å²) >= 11 is 2.12. The number of thioether (sulfide) groups is 1. The highest BCUT2D eigenvalue weighted by Gasteiger charge is 2.21. The average Bonchev–Trinajstić information content (AvgIpc) is 3.06. The third kappa shape index (κ3) is 3.30. The first kappa shape index (κ1) is 12.6. The van der Waals surface area contributed by atoms with Crippen molar-refractivity contribution in [1.82, 2.24) is 5.32 Å². The Morgan fingerprint density at radius 1 is 1.17 bits per heavy atom. The van der Waals surface area contributed by atoms with Crippen LogP contribution in [0.3, 0.4) is 0 Å². The first-order chi connectivity index (χ1) is 8.81. The number of hydrogen-bond acceptors (Lipinski definition) is 2.